The minimum Gasteiger partial charge on any atom is -0.491 e. The van der Waals surface area contributed by atoms with Crippen LogP contribution in [0, 0.1) is 0 Å². The fraction of sp³-hybridized carbons (Fsp3) is 0.280. The van der Waals surface area contributed by atoms with E-state index in [2.05, 4.69) is 20.2 Å². The second-order valence-electron chi connectivity index (χ2n) is 8.32. The number of nitrogens with zero attached hydrogens (tertiary/aromatic N) is 4. The third-order valence-corrected chi connectivity index (χ3v) is 5.97. The van der Waals surface area contributed by atoms with Gasteiger partial charge in [0.25, 0.3) is 5.91 Å². The first kappa shape index (κ1) is 22.8. The first-order chi connectivity index (χ1) is 16.9. The van der Waals surface area contributed by atoms with E-state index >= 15 is 0 Å². The van der Waals surface area contributed by atoms with Crippen molar-refractivity contribution in [1.29, 1.82) is 0 Å². The minimum absolute atomic E-state index is 0.0975. The molecule has 1 saturated heterocycles. The van der Waals surface area contributed by atoms with Gasteiger partial charge in [-0.2, -0.15) is 13.2 Å². The number of benzene rings is 2. The molecule has 0 bridgehead atoms. The molecular weight excluding hydrogens is 459 g/mol. The first-order valence-electron chi connectivity index (χ1n) is 11.2. The van der Waals surface area contributed by atoms with E-state index in [1.165, 1.54) is 24.5 Å². The van der Waals surface area contributed by atoms with Gasteiger partial charge in [0.1, 0.15) is 18.2 Å². The second-order valence-corrected chi connectivity index (χ2v) is 8.32. The molecule has 3 heterocycles. The number of amidine groups is 1. The Balaban J connectivity index is 1.36. The number of alkyl halides is 3. The third-order valence-electron chi connectivity index (χ3n) is 5.97. The van der Waals surface area contributed by atoms with Gasteiger partial charge in [0, 0.05) is 31.5 Å². The molecule has 3 aromatic rings. The van der Waals surface area contributed by atoms with Gasteiger partial charge in [-0.1, -0.05) is 18.2 Å². The summed E-state index contributed by atoms with van der Waals surface area (Å²) in [7, 11) is 0. The van der Waals surface area contributed by atoms with Crippen LogP contribution in [0.5, 0.6) is 5.75 Å². The van der Waals surface area contributed by atoms with Crippen LogP contribution in [0.3, 0.4) is 0 Å². The van der Waals surface area contributed by atoms with Gasteiger partial charge in [-0.05, 0) is 47.9 Å². The average molecular weight is 481 g/mol. The lowest BCUT2D eigenvalue weighted by molar-refractivity contribution is -0.137. The van der Waals surface area contributed by atoms with Crippen molar-refractivity contribution < 1.29 is 22.7 Å². The molecule has 2 aliphatic rings. The van der Waals surface area contributed by atoms with Crippen molar-refractivity contribution in [2.75, 3.05) is 26.2 Å². The number of rotatable bonds is 3. The molecule has 1 aromatic heterocycles. The summed E-state index contributed by atoms with van der Waals surface area (Å²) in [4.78, 5) is 27.3. The number of aromatic nitrogens is 2. The molecule has 5 rings (SSSR count). The van der Waals surface area contributed by atoms with E-state index in [0.29, 0.717) is 37.6 Å². The molecule has 1 amide bonds. The molecule has 0 spiro atoms. The normalized spacial score (nSPS) is 17.7. The van der Waals surface area contributed by atoms with E-state index in [-0.39, 0.29) is 17.8 Å². The number of aliphatic imine (C=N–C) groups is 1. The van der Waals surface area contributed by atoms with Crippen LogP contribution in [-0.2, 0) is 6.18 Å². The first-order valence-corrected chi connectivity index (χ1v) is 11.2. The molecule has 0 radical (unpaired) electrons. The van der Waals surface area contributed by atoms with Crippen molar-refractivity contribution in [2.45, 2.75) is 18.6 Å². The number of amides is 1. The number of carbonyl (C=O) groups excluding carboxylic acids is 1. The lowest BCUT2D eigenvalue weighted by Gasteiger charge is -2.22. The average Bonchev–Trinajstić information content (AvgIpc) is 3.21. The fourth-order valence-electron chi connectivity index (χ4n) is 4.26. The zero-order chi connectivity index (χ0) is 24.4. The topological polar surface area (TPSA) is 79.7 Å². The maximum absolute atomic E-state index is 13.0. The molecule has 0 saturated carbocycles. The predicted molar refractivity (Wildman–Crippen MR) is 123 cm³/mol. The molecule has 7 nitrogen and oxygen atoms in total. The molecule has 10 heteroatoms. The highest BCUT2D eigenvalue weighted by Crippen LogP contribution is 2.33. The summed E-state index contributed by atoms with van der Waals surface area (Å²) < 4.78 is 44.7. The Morgan fingerprint density at radius 2 is 1.80 bits per heavy atom. The quantitative estimate of drug-likeness (QED) is 0.616. The Labute approximate surface area is 199 Å². The number of fused-ring (bicyclic) bond motifs is 1. The molecule has 1 N–H and O–H groups in total. The fourth-order valence-corrected chi connectivity index (χ4v) is 4.26. The smallest absolute Gasteiger partial charge is 0.416 e. The van der Waals surface area contributed by atoms with E-state index in [0.717, 1.165) is 35.5 Å². The van der Waals surface area contributed by atoms with Crippen molar-refractivity contribution in [1.82, 2.24) is 20.2 Å². The second kappa shape index (κ2) is 9.36. The van der Waals surface area contributed by atoms with Crippen molar-refractivity contribution in [3.8, 4) is 16.9 Å². The zero-order valence-electron chi connectivity index (χ0n) is 18.6. The summed E-state index contributed by atoms with van der Waals surface area (Å²) in [5.74, 6) is 1.22. The Hall–Kier alpha value is -3.95. The SMILES string of the molecule is O=C(N[C@H]1CCN(C2=NCCOc3ccc(-c4ccc(C(F)(F)F)cc4)cc32)C1)c1ncccn1. The molecule has 1 fully saturated rings. The summed E-state index contributed by atoms with van der Waals surface area (Å²) in [6, 6.07) is 12.2. The summed E-state index contributed by atoms with van der Waals surface area (Å²) >= 11 is 0. The zero-order valence-corrected chi connectivity index (χ0v) is 18.6. The molecule has 2 aromatic carbocycles. The number of carbonyl (C=O) groups is 1. The Bertz CT molecular complexity index is 1250. The van der Waals surface area contributed by atoms with Crippen LogP contribution < -0.4 is 10.1 Å². The Kier molecular flexibility index (Phi) is 6.10. The number of hydrogen-bond donors (Lipinski definition) is 1. The lowest BCUT2D eigenvalue weighted by Crippen LogP contribution is -2.39. The summed E-state index contributed by atoms with van der Waals surface area (Å²) in [5, 5.41) is 2.97. The van der Waals surface area contributed by atoms with Crippen LogP contribution in [0.25, 0.3) is 11.1 Å². The maximum Gasteiger partial charge on any atom is 0.416 e. The maximum atomic E-state index is 13.0. The van der Waals surface area contributed by atoms with Crippen LogP contribution in [0.15, 0.2) is 65.9 Å². The van der Waals surface area contributed by atoms with Crippen molar-refractivity contribution in [2.24, 2.45) is 4.99 Å². The molecular formula is C25H22F3N5O2. The van der Waals surface area contributed by atoms with E-state index in [9.17, 15) is 18.0 Å². The third kappa shape index (κ3) is 4.96. The van der Waals surface area contributed by atoms with Crippen molar-refractivity contribution in [3.05, 3.63) is 77.9 Å². The Morgan fingerprint density at radius 1 is 1.06 bits per heavy atom. The summed E-state index contributed by atoms with van der Waals surface area (Å²) in [6.45, 7) is 2.14. The molecule has 0 unspecified atom stereocenters. The standard InChI is InChI=1S/C25H22F3N5O2/c26-25(27,28)18-5-2-16(3-6-18)17-4-7-21-20(14-17)23(31-11-13-35-21)33-12-8-19(15-33)32-24(34)22-29-9-1-10-30-22/h1-7,9-10,14,19H,8,11-13,15H2,(H,32,34)/t19-/m0/s1. The van der Waals surface area contributed by atoms with Gasteiger partial charge >= 0.3 is 6.18 Å². The van der Waals surface area contributed by atoms with Crippen molar-refractivity contribution >= 4 is 11.7 Å². The molecule has 180 valence electrons. The highest BCUT2D eigenvalue weighted by Gasteiger charge is 2.31. The molecule has 1 atom stereocenters. The van der Waals surface area contributed by atoms with E-state index in [1.54, 1.807) is 6.07 Å². The van der Waals surface area contributed by atoms with E-state index in [1.807, 2.05) is 18.2 Å². The largest absolute Gasteiger partial charge is 0.491 e. The van der Waals surface area contributed by atoms with Gasteiger partial charge in [0.05, 0.1) is 17.7 Å². The Morgan fingerprint density at radius 3 is 2.54 bits per heavy atom. The minimum atomic E-state index is -4.38. The molecule has 35 heavy (non-hydrogen) atoms. The summed E-state index contributed by atoms with van der Waals surface area (Å²) in [6.07, 6.45) is -0.608. The number of hydrogen-bond acceptors (Lipinski definition) is 6. The monoisotopic (exact) mass is 481 g/mol. The van der Waals surface area contributed by atoms with Crippen molar-refractivity contribution in [3.63, 3.8) is 0 Å². The number of halogens is 3. The number of nitrogens with one attached hydrogen (secondary N) is 1. The highest BCUT2D eigenvalue weighted by atomic mass is 19.4. The summed E-state index contributed by atoms with van der Waals surface area (Å²) in [5.41, 5.74) is 1.52. The van der Waals surface area contributed by atoms with Gasteiger partial charge in [0.2, 0.25) is 5.82 Å². The van der Waals surface area contributed by atoms with Gasteiger partial charge in [0.15, 0.2) is 0 Å². The highest BCUT2D eigenvalue weighted by molar-refractivity contribution is 6.02. The number of likely N-dealkylation sites (tertiary alicyclic amines) is 1. The van der Waals surface area contributed by atoms with Gasteiger partial charge in [-0.3, -0.25) is 9.79 Å². The van der Waals surface area contributed by atoms with Gasteiger partial charge < -0.3 is 15.0 Å². The van der Waals surface area contributed by atoms with Crippen LogP contribution in [0.4, 0.5) is 13.2 Å². The number of ether oxygens (including phenoxy) is 1. The molecule has 0 aliphatic carbocycles. The van der Waals surface area contributed by atoms with Crippen LogP contribution in [-0.4, -0.2) is 58.9 Å². The van der Waals surface area contributed by atoms with E-state index < -0.39 is 11.7 Å². The molecule has 2 aliphatic heterocycles. The van der Waals surface area contributed by atoms with Gasteiger partial charge in [-0.25, -0.2) is 9.97 Å². The van der Waals surface area contributed by atoms with Crippen LogP contribution in [0.1, 0.15) is 28.2 Å². The van der Waals surface area contributed by atoms with Crippen LogP contribution in [0.2, 0.25) is 0 Å². The predicted octanol–water partition coefficient (Wildman–Crippen LogP) is 3.81. The van der Waals surface area contributed by atoms with Crippen LogP contribution >= 0.6 is 0 Å². The van der Waals surface area contributed by atoms with E-state index in [4.69, 9.17) is 9.73 Å². The van der Waals surface area contributed by atoms with Gasteiger partial charge in [-0.15, -0.1) is 0 Å². The lowest BCUT2D eigenvalue weighted by atomic mass is 10.00.